The standard InChI is InChI=1S/C10H17NO/c1-10-7-3-2-4-8(10)5-6-9(11)12-10/h2-3,8-9H,4-7,11H2,1H3. The molecule has 1 aliphatic carbocycles. The Hall–Kier alpha value is -0.340. The molecule has 0 aromatic rings. The fraction of sp³-hybridized carbons (Fsp3) is 0.800. The number of nitrogens with two attached hydrogens (primary N) is 1. The fourth-order valence-corrected chi connectivity index (χ4v) is 2.33. The van der Waals surface area contributed by atoms with E-state index in [0.717, 1.165) is 12.8 Å². The molecule has 68 valence electrons. The monoisotopic (exact) mass is 167 g/mol. The Morgan fingerprint density at radius 1 is 1.42 bits per heavy atom. The summed E-state index contributed by atoms with van der Waals surface area (Å²) in [4.78, 5) is 0. The lowest BCUT2D eigenvalue weighted by Gasteiger charge is -2.45. The van der Waals surface area contributed by atoms with Gasteiger partial charge in [0.15, 0.2) is 0 Å². The van der Waals surface area contributed by atoms with Crippen LogP contribution >= 0.6 is 0 Å². The lowest BCUT2D eigenvalue weighted by atomic mass is 9.75. The van der Waals surface area contributed by atoms with Gasteiger partial charge < -0.3 is 10.5 Å². The van der Waals surface area contributed by atoms with Gasteiger partial charge in [-0.05, 0) is 38.5 Å². The SMILES string of the molecule is CC12CC=CCC1CCC(N)O2. The van der Waals surface area contributed by atoms with Crippen LogP contribution in [0.15, 0.2) is 12.2 Å². The van der Waals surface area contributed by atoms with Gasteiger partial charge in [-0.25, -0.2) is 0 Å². The zero-order valence-electron chi connectivity index (χ0n) is 7.62. The maximum atomic E-state index is 5.80. The molecular formula is C10H17NO. The van der Waals surface area contributed by atoms with Crippen LogP contribution in [-0.4, -0.2) is 11.8 Å². The first-order chi connectivity index (χ1) is 5.71. The predicted octanol–water partition coefficient (Wildman–Crippen LogP) is 1.81. The summed E-state index contributed by atoms with van der Waals surface area (Å²) in [6.45, 7) is 2.19. The van der Waals surface area contributed by atoms with Crippen LogP contribution < -0.4 is 5.73 Å². The molecule has 1 aliphatic heterocycles. The van der Waals surface area contributed by atoms with Gasteiger partial charge in [0.25, 0.3) is 0 Å². The largest absolute Gasteiger partial charge is 0.357 e. The van der Waals surface area contributed by atoms with Gasteiger partial charge in [0.05, 0.1) is 5.60 Å². The highest BCUT2D eigenvalue weighted by Gasteiger charge is 2.40. The molecule has 2 nitrogen and oxygen atoms in total. The average Bonchev–Trinajstić information content (AvgIpc) is 2.02. The molecule has 1 saturated heterocycles. The molecule has 1 heterocycles. The van der Waals surface area contributed by atoms with Gasteiger partial charge >= 0.3 is 0 Å². The summed E-state index contributed by atoms with van der Waals surface area (Å²) >= 11 is 0. The molecule has 12 heavy (non-hydrogen) atoms. The van der Waals surface area contributed by atoms with Crippen LogP contribution in [0.4, 0.5) is 0 Å². The molecule has 2 rings (SSSR count). The van der Waals surface area contributed by atoms with Gasteiger partial charge in [0.1, 0.15) is 6.23 Å². The van der Waals surface area contributed by atoms with Crippen LogP contribution in [0.25, 0.3) is 0 Å². The lowest BCUT2D eigenvalue weighted by Crippen LogP contribution is -2.48. The van der Waals surface area contributed by atoms with Crippen molar-refractivity contribution in [2.24, 2.45) is 11.7 Å². The molecule has 2 heteroatoms. The first kappa shape index (κ1) is 8.27. The molecule has 2 N–H and O–H groups in total. The van der Waals surface area contributed by atoms with Crippen molar-refractivity contribution >= 4 is 0 Å². The van der Waals surface area contributed by atoms with Crippen molar-refractivity contribution in [1.82, 2.24) is 0 Å². The fourth-order valence-electron chi connectivity index (χ4n) is 2.33. The summed E-state index contributed by atoms with van der Waals surface area (Å²) < 4.78 is 5.80. The van der Waals surface area contributed by atoms with Crippen molar-refractivity contribution < 1.29 is 4.74 Å². The third kappa shape index (κ3) is 1.29. The van der Waals surface area contributed by atoms with E-state index in [1.165, 1.54) is 12.8 Å². The van der Waals surface area contributed by atoms with Crippen molar-refractivity contribution in [3.63, 3.8) is 0 Å². The average molecular weight is 167 g/mol. The zero-order valence-corrected chi connectivity index (χ0v) is 7.62. The summed E-state index contributed by atoms with van der Waals surface area (Å²) in [5.74, 6) is 0.697. The quantitative estimate of drug-likeness (QED) is 0.558. The number of rotatable bonds is 0. The van der Waals surface area contributed by atoms with E-state index >= 15 is 0 Å². The maximum absolute atomic E-state index is 5.80. The van der Waals surface area contributed by atoms with Gasteiger partial charge in [0.2, 0.25) is 0 Å². The molecule has 3 atom stereocenters. The van der Waals surface area contributed by atoms with Crippen molar-refractivity contribution in [3.8, 4) is 0 Å². The number of fused-ring (bicyclic) bond motifs is 1. The summed E-state index contributed by atoms with van der Waals surface area (Å²) in [6, 6.07) is 0. The Morgan fingerprint density at radius 3 is 3.08 bits per heavy atom. The highest BCUT2D eigenvalue weighted by Crippen LogP contribution is 2.40. The molecule has 0 bridgehead atoms. The molecule has 2 aliphatic rings. The first-order valence-electron chi connectivity index (χ1n) is 4.79. The topological polar surface area (TPSA) is 35.2 Å². The molecule has 0 spiro atoms. The Kier molecular flexibility index (Phi) is 1.97. The Morgan fingerprint density at radius 2 is 2.25 bits per heavy atom. The summed E-state index contributed by atoms with van der Waals surface area (Å²) in [5, 5.41) is 0. The normalized spacial score (nSPS) is 47.2. The molecule has 0 aromatic carbocycles. The second-order valence-corrected chi connectivity index (χ2v) is 4.15. The van der Waals surface area contributed by atoms with Gasteiger partial charge in [0, 0.05) is 0 Å². The highest BCUT2D eigenvalue weighted by atomic mass is 16.5. The van der Waals surface area contributed by atoms with Crippen LogP contribution in [0.1, 0.15) is 32.6 Å². The van der Waals surface area contributed by atoms with Crippen LogP contribution in [-0.2, 0) is 4.74 Å². The second kappa shape index (κ2) is 2.86. The minimum absolute atomic E-state index is 0.0299. The first-order valence-corrected chi connectivity index (χ1v) is 4.79. The van der Waals surface area contributed by atoms with Crippen LogP contribution in [0, 0.1) is 5.92 Å². The molecular weight excluding hydrogens is 150 g/mol. The number of hydrogen-bond donors (Lipinski definition) is 1. The lowest BCUT2D eigenvalue weighted by molar-refractivity contribution is -0.150. The van der Waals surface area contributed by atoms with Crippen molar-refractivity contribution in [1.29, 1.82) is 0 Å². The van der Waals surface area contributed by atoms with E-state index in [1.807, 2.05) is 0 Å². The number of ether oxygens (including phenoxy) is 1. The molecule has 3 unspecified atom stereocenters. The zero-order chi connectivity index (χ0) is 8.60. The Balaban J connectivity index is 2.14. The smallest absolute Gasteiger partial charge is 0.106 e. The highest BCUT2D eigenvalue weighted by molar-refractivity contribution is 5.03. The Bertz CT molecular complexity index is 202. The molecule has 0 amide bonds. The van der Waals surface area contributed by atoms with Crippen LogP contribution in [0.5, 0.6) is 0 Å². The van der Waals surface area contributed by atoms with E-state index in [0.29, 0.717) is 5.92 Å². The van der Waals surface area contributed by atoms with E-state index in [4.69, 9.17) is 10.5 Å². The Labute approximate surface area is 73.8 Å². The molecule has 0 radical (unpaired) electrons. The second-order valence-electron chi connectivity index (χ2n) is 4.15. The summed E-state index contributed by atoms with van der Waals surface area (Å²) in [7, 11) is 0. The number of hydrogen-bond acceptors (Lipinski definition) is 2. The van der Waals surface area contributed by atoms with E-state index < -0.39 is 0 Å². The molecule has 1 fully saturated rings. The van der Waals surface area contributed by atoms with Crippen molar-refractivity contribution in [3.05, 3.63) is 12.2 Å². The number of allylic oxidation sites excluding steroid dienone is 1. The van der Waals surface area contributed by atoms with E-state index in [1.54, 1.807) is 0 Å². The predicted molar refractivity (Wildman–Crippen MR) is 48.6 cm³/mol. The molecule has 0 saturated carbocycles. The summed E-state index contributed by atoms with van der Waals surface area (Å²) in [6.07, 6.45) is 8.91. The van der Waals surface area contributed by atoms with Gasteiger partial charge in [-0.3, -0.25) is 0 Å². The molecule has 0 aromatic heterocycles. The third-order valence-corrected chi connectivity index (χ3v) is 3.19. The van der Waals surface area contributed by atoms with Gasteiger partial charge in [-0.1, -0.05) is 12.2 Å². The van der Waals surface area contributed by atoms with Gasteiger partial charge in [-0.15, -0.1) is 0 Å². The van der Waals surface area contributed by atoms with Crippen molar-refractivity contribution in [2.45, 2.75) is 44.4 Å². The van der Waals surface area contributed by atoms with E-state index in [-0.39, 0.29) is 11.8 Å². The van der Waals surface area contributed by atoms with E-state index in [2.05, 4.69) is 19.1 Å². The third-order valence-electron chi connectivity index (χ3n) is 3.19. The van der Waals surface area contributed by atoms with Crippen LogP contribution in [0.3, 0.4) is 0 Å². The van der Waals surface area contributed by atoms with Crippen molar-refractivity contribution in [2.75, 3.05) is 0 Å². The van der Waals surface area contributed by atoms with E-state index in [9.17, 15) is 0 Å². The maximum Gasteiger partial charge on any atom is 0.106 e. The van der Waals surface area contributed by atoms with Crippen LogP contribution in [0.2, 0.25) is 0 Å². The minimum Gasteiger partial charge on any atom is -0.357 e. The summed E-state index contributed by atoms with van der Waals surface area (Å²) in [5.41, 5.74) is 5.81. The minimum atomic E-state index is -0.0299. The van der Waals surface area contributed by atoms with Gasteiger partial charge in [-0.2, -0.15) is 0 Å².